The number of hydrogen-bond donors (Lipinski definition) is 1. The molecule has 0 aliphatic heterocycles. The first kappa shape index (κ1) is 12.5. The SMILES string of the molecule is CCC(Cc1c(Cl)c(C)nn1C)C(C)N. The van der Waals surface area contributed by atoms with Gasteiger partial charge in [0.05, 0.1) is 16.4 Å². The molecule has 2 atom stereocenters. The van der Waals surface area contributed by atoms with Crippen molar-refractivity contribution in [2.45, 2.75) is 39.7 Å². The topological polar surface area (TPSA) is 43.8 Å². The van der Waals surface area contributed by atoms with E-state index in [0.717, 1.165) is 29.3 Å². The van der Waals surface area contributed by atoms with E-state index < -0.39 is 0 Å². The van der Waals surface area contributed by atoms with E-state index in [1.807, 2.05) is 25.6 Å². The van der Waals surface area contributed by atoms with Gasteiger partial charge in [-0.15, -0.1) is 0 Å². The molecule has 0 spiro atoms. The summed E-state index contributed by atoms with van der Waals surface area (Å²) in [6, 6.07) is 0.196. The lowest BCUT2D eigenvalue weighted by Gasteiger charge is -2.18. The highest BCUT2D eigenvalue weighted by Crippen LogP contribution is 2.24. The van der Waals surface area contributed by atoms with E-state index in [2.05, 4.69) is 12.0 Å². The molecule has 2 N–H and O–H groups in total. The van der Waals surface area contributed by atoms with Crippen LogP contribution in [0.4, 0.5) is 0 Å². The summed E-state index contributed by atoms with van der Waals surface area (Å²) >= 11 is 6.20. The van der Waals surface area contributed by atoms with Crippen LogP contribution in [0.1, 0.15) is 31.7 Å². The van der Waals surface area contributed by atoms with Gasteiger partial charge in [-0.25, -0.2) is 0 Å². The molecule has 1 aromatic heterocycles. The zero-order valence-corrected chi connectivity index (χ0v) is 10.7. The molecular formula is C11H20ClN3. The summed E-state index contributed by atoms with van der Waals surface area (Å²) in [4.78, 5) is 0. The maximum absolute atomic E-state index is 6.20. The summed E-state index contributed by atoms with van der Waals surface area (Å²) in [7, 11) is 1.93. The van der Waals surface area contributed by atoms with Crippen LogP contribution in [0.2, 0.25) is 5.02 Å². The lowest BCUT2D eigenvalue weighted by atomic mass is 9.93. The predicted molar refractivity (Wildman–Crippen MR) is 64.1 cm³/mol. The van der Waals surface area contributed by atoms with Crippen LogP contribution in [0, 0.1) is 12.8 Å². The number of rotatable bonds is 4. The molecule has 1 aromatic rings. The number of halogens is 1. The Kier molecular flexibility index (Phi) is 4.17. The maximum Gasteiger partial charge on any atom is 0.0847 e. The largest absolute Gasteiger partial charge is 0.328 e. The van der Waals surface area contributed by atoms with Crippen molar-refractivity contribution in [2.75, 3.05) is 0 Å². The van der Waals surface area contributed by atoms with Gasteiger partial charge in [0.1, 0.15) is 0 Å². The van der Waals surface area contributed by atoms with E-state index >= 15 is 0 Å². The molecule has 0 aliphatic rings. The minimum absolute atomic E-state index is 0.196. The Hall–Kier alpha value is -0.540. The quantitative estimate of drug-likeness (QED) is 0.861. The van der Waals surface area contributed by atoms with Crippen molar-refractivity contribution in [3.63, 3.8) is 0 Å². The van der Waals surface area contributed by atoms with Gasteiger partial charge < -0.3 is 5.73 Å². The van der Waals surface area contributed by atoms with Gasteiger partial charge in [0.2, 0.25) is 0 Å². The van der Waals surface area contributed by atoms with Crippen molar-refractivity contribution >= 4 is 11.6 Å². The molecule has 0 fully saturated rings. The molecular weight excluding hydrogens is 210 g/mol. The molecule has 2 unspecified atom stereocenters. The maximum atomic E-state index is 6.20. The monoisotopic (exact) mass is 229 g/mol. The highest BCUT2D eigenvalue weighted by molar-refractivity contribution is 6.31. The molecule has 0 aliphatic carbocycles. The van der Waals surface area contributed by atoms with Crippen molar-refractivity contribution in [1.82, 2.24) is 9.78 Å². The van der Waals surface area contributed by atoms with Gasteiger partial charge in [-0.2, -0.15) is 5.10 Å². The van der Waals surface area contributed by atoms with Crippen molar-refractivity contribution in [1.29, 1.82) is 0 Å². The minimum atomic E-state index is 0.196. The fourth-order valence-electron chi connectivity index (χ4n) is 1.85. The molecule has 3 nitrogen and oxygen atoms in total. The van der Waals surface area contributed by atoms with E-state index in [-0.39, 0.29) is 6.04 Å². The molecule has 0 amide bonds. The molecule has 1 heterocycles. The molecule has 4 heteroatoms. The summed E-state index contributed by atoms with van der Waals surface area (Å²) in [5.41, 5.74) is 7.92. The van der Waals surface area contributed by atoms with Gasteiger partial charge in [0.25, 0.3) is 0 Å². The number of aromatic nitrogens is 2. The van der Waals surface area contributed by atoms with E-state index in [1.165, 1.54) is 0 Å². The smallest absolute Gasteiger partial charge is 0.0847 e. The fraction of sp³-hybridized carbons (Fsp3) is 0.727. The van der Waals surface area contributed by atoms with Gasteiger partial charge >= 0.3 is 0 Å². The molecule has 0 aromatic carbocycles. The Bertz CT molecular complexity index is 331. The van der Waals surface area contributed by atoms with Crippen molar-refractivity contribution in [3.8, 4) is 0 Å². The zero-order valence-electron chi connectivity index (χ0n) is 9.92. The number of nitrogens with zero attached hydrogens (tertiary/aromatic N) is 2. The average molecular weight is 230 g/mol. The van der Waals surface area contributed by atoms with Gasteiger partial charge in [0, 0.05) is 13.1 Å². The Balaban J connectivity index is 2.88. The van der Waals surface area contributed by atoms with E-state index in [1.54, 1.807) is 0 Å². The average Bonchev–Trinajstić information content (AvgIpc) is 2.39. The summed E-state index contributed by atoms with van der Waals surface area (Å²) in [5, 5.41) is 5.09. The van der Waals surface area contributed by atoms with E-state index in [4.69, 9.17) is 17.3 Å². The standard InChI is InChI=1S/C11H20ClN3/c1-5-9(7(2)13)6-10-11(12)8(3)14-15(10)4/h7,9H,5-6,13H2,1-4H3. The second-order valence-corrected chi connectivity index (χ2v) is 4.58. The summed E-state index contributed by atoms with van der Waals surface area (Å²) < 4.78 is 1.86. The molecule has 0 saturated carbocycles. The lowest BCUT2D eigenvalue weighted by Crippen LogP contribution is -2.28. The molecule has 15 heavy (non-hydrogen) atoms. The fourth-order valence-corrected chi connectivity index (χ4v) is 2.09. The van der Waals surface area contributed by atoms with Crippen LogP contribution < -0.4 is 5.73 Å². The number of aryl methyl sites for hydroxylation is 2. The van der Waals surface area contributed by atoms with Gasteiger partial charge in [-0.1, -0.05) is 24.9 Å². The van der Waals surface area contributed by atoms with Crippen LogP contribution in [-0.2, 0) is 13.5 Å². The first-order valence-electron chi connectivity index (χ1n) is 5.40. The van der Waals surface area contributed by atoms with Gasteiger partial charge in [-0.3, -0.25) is 4.68 Å². The summed E-state index contributed by atoms with van der Waals surface area (Å²) in [5.74, 6) is 0.470. The van der Waals surface area contributed by atoms with E-state index in [9.17, 15) is 0 Å². The van der Waals surface area contributed by atoms with Crippen molar-refractivity contribution in [3.05, 3.63) is 16.4 Å². The third kappa shape index (κ3) is 2.73. The number of hydrogen-bond acceptors (Lipinski definition) is 2. The first-order valence-corrected chi connectivity index (χ1v) is 5.78. The van der Waals surface area contributed by atoms with Crippen LogP contribution >= 0.6 is 11.6 Å². The Morgan fingerprint density at radius 2 is 2.13 bits per heavy atom. The molecule has 0 saturated heterocycles. The normalized spacial score (nSPS) is 15.3. The van der Waals surface area contributed by atoms with Gasteiger partial charge in [-0.05, 0) is 26.2 Å². The third-order valence-corrected chi connectivity index (χ3v) is 3.48. The second-order valence-electron chi connectivity index (χ2n) is 4.20. The van der Waals surface area contributed by atoms with Crippen LogP contribution in [-0.4, -0.2) is 15.8 Å². The molecule has 1 rings (SSSR count). The molecule has 86 valence electrons. The van der Waals surface area contributed by atoms with Crippen molar-refractivity contribution < 1.29 is 0 Å². The van der Waals surface area contributed by atoms with Gasteiger partial charge in [0.15, 0.2) is 0 Å². The van der Waals surface area contributed by atoms with Crippen LogP contribution in [0.3, 0.4) is 0 Å². The lowest BCUT2D eigenvalue weighted by molar-refractivity contribution is 0.417. The van der Waals surface area contributed by atoms with Crippen LogP contribution in [0.5, 0.6) is 0 Å². The minimum Gasteiger partial charge on any atom is -0.328 e. The highest BCUT2D eigenvalue weighted by atomic mass is 35.5. The van der Waals surface area contributed by atoms with Crippen molar-refractivity contribution in [2.24, 2.45) is 18.7 Å². The highest BCUT2D eigenvalue weighted by Gasteiger charge is 2.18. The zero-order chi connectivity index (χ0) is 11.6. The van der Waals surface area contributed by atoms with Crippen LogP contribution in [0.15, 0.2) is 0 Å². The summed E-state index contributed by atoms with van der Waals surface area (Å²) in [6.45, 7) is 6.13. The predicted octanol–water partition coefficient (Wildman–Crippen LogP) is 2.30. The first-order chi connectivity index (χ1) is 6.97. The molecule has 0 bridgehead atoms. The third-order valence-electron chi connectivity index (χ3n) is 2.99. The summed E-state index contributed by atoms with van der Waals surface area (Å²) in [6.07, 6.45) is 1.97. The van der Waals surface area contributed by atoms with E-state index in [0.29, 0.717) is 5.92 Å². The molecule has 0 radical (unpaired) electrons. The van der Waals surface area contributed by atoms with Crippen LogP contribution in [0.25, 0.3) is 0 Å². The number of nitrogens with two attached hydrogens (primary N) is 1. The Morgan fingerprint density at radius 1 is 1.53 bits per heavy atom. The second kappa shape index (κ2) is 4.99. The Morgan fingerprint density at radius 3 is 2.47 bits per heavy atom. The Labute approximate surface area is 96.6 Å².